The number of aliphatic hydroxyl groups is 1. The summed E-state index contributed by atoms with van der Waals surface area (Å²) < 4.78 is 28.1. The highest BCUT2D eigenvalue weighted by Crippen LogP contribution is 2.23. The maximum absolute atomic E-state index is 13.6. The first-order valence-corrected chi connectivity index (χ1v) is 7.40. The molecule has 0 fully saturated rings. The summed E-state index contributed by atoms with van der Waals surface area (Å²) in [5.41, 5.74) is 0.799. The number of hydrogen-bond acceptors (Lipinski definition) is 3. The molecule has 0 aliphatic carbocycles. The molecule has 3 rings (SSSR count). The number of thiazole rings is 1. The molecule has 1 N–H and O–H groups in total. The first-order chi connectivity index (χ1) is 10.1. The van der Waals surface area contributed by atoms with E-state index in [0.717, 1.165) is 15.2 Å². The Morgan fingerprint density at radius 1 is 1.00 bits per heavy atom. The number of aromatic nitrogens is 1. The molecule has 0 saturated carbocycles. The number of nitrogens with zero attached hydrogens (tertiary/aromatic N) is 1. The highest BCUT2D eigenvalue weighted by molar-refractivity contribution is 7.18. The predicted octanol–water partition coefficient (Wildman–Crippen LogP) is 3.72. The number of benzene rings is 2. The van der Waals surface area contributed by atoms with Gasteiger partial charge in [-0.05, 0) is 24.3 Å². The molecule has 0 amide bonds. The zero-order valence-electron chi connectivity index (χ0n) is 11.1. The van der Waals surface area contributed by atoms with Gasteiger partial charge in [-0.2, -0.15) is 0 Å². The minimum atomic E-state index is -0.864. The maximum atomic E-state index is 13.6. The quantitative estimate of drug-likeness (QED) is 0.797. The zero-order valence-corrected chi connectivity index (χ0v) is 11.9. The van der Waals surface area contributed by atoms with E-state index in [0.29, 0.717) is 0 Å². The van der Waals surface area contributed by atoms with E-state index in [1.54, 1.807) is 0 Å². The van der Waals surface area contributed by atoms with Crippen molar-refractivity contribution >= 4 is 21.6 Å². The van der Waals surface area contributed by atoms with E-state index in [4.69, 9.17) is 0 Å². The summed E-state index contributed by atoms with van der Waals surface area (Å²) in [6.45, 7) is 0. The van der Waals surface area contributed by atoms with Crippen molar-refractivity contribution in [3.8, 4) is 0 Å². The number of hydrogen-bond donors (Lipinski definition) is 1. The number of para-hydroxylation sites is 1. The lowest BCUT2D eigenvalue weighted by molar-refractivity contribution is 0.172. The van der Waals surface area contributed by atoms with Gasteiger partial charge in [0, 0.05) is 18.4 Å². The summed E-state index contributed by atoms with van der Waals surface area (Å²) in [5, 5.41) is 10.8. The van der Waals surface area contributed by atoms with Crippen LogP contribution in [0.1, 0.15) is 10.6 Å². The topological polar surface area (TPSA) is 33.1 Å². The van der Waals surface area contributed by atoms with E-state index < -0.39 is 17.7 Å². The predicted molar refractivity (Wildman–Crippen MR) is 79.4 cm³/mol. The van der Waals surface area contributed by atoms with Crippen LogP contribution >= 0.6 is 11.3 Å². The second-order valence-corrected chi connectivity index (χ2v) is 5.95. The fraction of sp³-hybridized carbons (Fsp3) is 0.188. The minimum absolute atomic E-state index is 0.0611. The van der Waals surface area contributed by atoms with Gasteiger partial charge >= 0.3 is 0 Å². The third kappa shape index (κ3) is 3.09. The fourth-order valence-corrected chi connectivity index (χ4v) is 3.28. The Bertz CT molecular complexity index is 719. The molecule has 5 heteroatoms. The zero-order chi connectivity index (χ0) is 14.8. The second kappa shape index (κ2) is 5.87. The van der Waals surface area contributed by atoms with Crippen LogP contribution in [0.5, 0.6) is 0 Å². The normalized spacial score (nSPS) is 12.7. The van der Waals surface area contributed by atoms with E-state index in [1.165, 1.54) is 29.5 Å². The lowest BCUT2D eigenvalue weighted by Gasteiger charge is -2.10. The van der Waals surface area contributed by atoms with Gasteiger partial charge in [0.25, 0.3) is 0 Å². The summed E-state index contributed by atoms with van der Waals surface area (Å²) in [6.07, 6.45) is -0.640. The molecule has 0 radical (unpaired) electrons. The molecule has 2 nitrogen and oxygen atoms in total. The Morgan fingerprint density at radius 2 is 1.71 bits per heavy atom. The van der Waals surface area contributed by atoms with E-state index in [9.17, 15) is 13.9 Å². The second-order valence-electron chi connectivity index (χ2n) is 4.84. The van der Waals surface area contributed by atoms with Crippen LogP contribution in [0.4, 0.5) is 8.78 Å². The average molecular weight is 305 g/mol. The largest absolute Gasteiger partial charge is 0.392 e. The van der Waals surface area contributed by atoms with Crippen LogP contribution in [0.2, 0.25) is 0 Å². The van der Waals surface area contributed by atoms with Crippen LogP contribution in [-0.2, 0) is 12.8 Å². The van der Waals surface area contributed by atoms with Crippen LogP contribution < -0.4 is 0 Å². The Labute approximate surface area is 124 Å². The van der Waals surface area contributed by atoms with Crippen molar-refractivity contribution in [3.05, 3.63) is 64.7 Å². The van der Waals surface area contributed by atoms with Gasteiger partial charge in [0.15, 0.2) is 0 Å². The van der Waals surface area contributed by atoms with Crippen LogP contribution in [0, 0.1) is 11.6 Å². The van der Waals surface area contributed by atoms with Gasteiger partial charge in [0.05, 0.1) is 21.3 Å². The number of halogens is 2. The summed E-state index contributed by atoms with van der Waals surface area (Å²) in [7, 11) is 0. The SMILES string of the molecule is OC(Cc1nc2ccccc2s1)Cc1c(F)cccc1F. The van der Waals surface area contributed by atoms with E-state index in [2.05, 4.69) is 4.98 Å². The molecule has 3 aromatic rings. The molecule has 21 heavy (non-hydrogen) atoms. The van der Waals surface area contributed by atoms with Gasteiger partial charge in [0.1, 0.15) is 11.6 Å². The van der Waals surface area contributed by atoms with Gasteiger partial charge < -0.3 is 5.11 Å². The molecule has 1 unspecified atom stereocenters. The van der Waals surface area contributed by atoms with Crippen molar-refractivity contribution in [2.24, 2.45) is 0 Å². The summed E-state index contributed by atoms with van der Waals surface area (Å²) >= 11 is 1.49. The third-order valence-electron chi connectivity index (χ3n) is 3.25. The fourth-order valence-electron chi connectivity index (χ4n) is 2.24. The Morgan fingerprint density at radius 3 is 2.43 bits per heavy atom. The molecule has 1 atom stereocenters. The van der Waals surface area contributed by atoms with Gasteiger partial charge in [-0.1, -0.05) is 18.2 Å². The van der Waals surface area contributed by atoms with E-state index >= 15 is 0 Å². The lowest BCUT2D eigenvalue weighted by Crippen LogP contribution is -2.15. The summed E-state index contributed by atoms with van der Waals surface area (Å²) in [5.74, 6) is -1.25. The van der Waals surface area contributed by atoms with Crippen LogP contribution in [0.3, 0.4) is 0 Å². The molecule has 0 saturated heterocycles. The molecule has 1 aromatic heterocycles. The first kappa shape index (κ1) is 14.1. The van der Waals surface area contributed by atoms with Crippen LogP contribution in [0.15, 0.2) is 42.5 Å². The van der Waals surface area contributed by atoms with E-state index in [1.807, 2.05) is 24.3 Å². The molecule has 0 spiro atoms. The Kier molecular flexibility index (Phi) is 3.94. The highest BCUT2D eigenvalue weighted by atomic mass is 32.1. The van der Waals surface area contributed by atoms with E-state index in [-0.39, 0.29) is 18.4 Å². The van der Waals surface area contributed by atoms with Gasteiger partial charge in [-0.25, -0.2) is 13.8 Å². The number of rotatable bonds is 4. The lowest BCUT2D eigenvalue weighted by atomic mass is 10.0. The molecule has 1 heterocycles. The molecular formula is C16H13F2NOS. The molecule has 108 valence electrons. The van der Waals surface area contributed by atoms with Crippen LogP contribution in [0.25, 0.3) is 10.2 Å². The Balaban J connectivity index is 1.75. The molecular weight excluding hydrogens is 292 g/mol. The maximum Gasteiger partial charge on any atom is 0.129 e. The van der Waals surface area contributed by atoms with Gasteiger partial charge in [0.2, 0.25) is 0 Å². The number of fused-ring (bicyclic) bond motifs is 1. The van der Waals surface area contributed by atoms with Crippen molar-refractivity contribution in [1.82, 2.24) is 4.98 Å². The molecule has 2 aromatic carbocycles. The molecule has 0 aliphatic rings. The van der Waals surface area contributed by atoms with Gasteiger partial charge in [-0.15, -0.1) is 11.3 Å². The van der Waals surface area contributed by atoms with Crippen molar-refractivity contribution in [3.63, 3.8) is 0 Å². The average Bonchev–Trinajstić information content (AvgIpc) is 2.85. The van der Waals surface area contributed by atoms with Crippen molar-refractivity contribution < 1.29 is 13.9 Å². The highest BCUT2D eigenvalue weighted by Gasteiger charge is 2.16. The Hall–Kier alpha value is -1.85. The standard InChI is InChI=1S/C16H13F2NOS/c17-12-4-3-5-13(18)11(12)8-10(20)9-16-19-14-6-1-2-7-15(14)21-16/h1-7,10,20H,8-9H2. The van der Waals surface area contributed by atoms with Crippen molar-refractivity contribution in [2.45, 2.75) is 18.9 Å². The summed E-state index contributed by atoms with van der Waals surface area (Å²) in [4.78, 5) is 4.41. The van der Waals surface area contributed by atoms with Gasteiger partial charge in [-0.3, -0.25) is 0 Å². The van der Waals surface area contributed by atoms with Crippen molar-refractivity contribution in [2.75, 3.05) is 0 Å². The molecule has 0 aliphatic heterocycles. The molecule has 0 bridgehead atoms. The third-order valence-corrected chi connectivity index (χ3v) is 4.31. The minimum Gasteiger partial charge on any atom is -0.392 e. The smallest absolute Gasteiger partial charge is 0.129 e. The first-order valence-electron chi connectivity index (χ1n) is 6.59. The number of aliphatic hydroxyl groups excluding tert-OH is 1. The van der Waals surface area contributed by atoms with Crippen molar-refractivity contribution in [1.29, 1.82) is 0 Å². The van der Waals surface area contributed by atoms with Crippen LogP contribution in [-0.4, -0.2) is 16.2 Å². The summed E-state index contributed by atoms with van der Waals surface area (Å²) in [6, 6.07) is 11.4. The monoisotopic (exact) mass is 305 g/mol.